The van der Waals surface area contributed by atoms with Gasteiger partial charge >= 0.3 is 0 Å². The van der Waals surface area contributed by atoms with E-state index in [9.17, 15) is 9.90 Å². The predicted octanol–water partition coefficient (Wildman–Crippen LogP) is 1.99. The van der Waals surface area contributed by atoms with Crippen LogP contribution in [0.3, 0.4) is 0 Å². The predicted molar refractivity (Wildman–Crippen MR) is 80.6 cm³/mol. The Labute approximate surface area is 123 Å². The summed E-state index contributed by atoms with van der Waals surface area (Å²) >= 11 is 0. The number of rotatable bonds is 2. The summed E-state index contributed by atoms with van der Waals surface area (Å²) in [7, 11) is 1.99. The van der Waals surface area contributed by atoms with E-state index < -0.39 is 0 Å². The van der Waals surface area contributed by atoms with E-state index in [1.54, 1.807) is 12.1 Å². The molecule has 0 spiro atoms. The van der Waals surface area contributed by atoms with Crippen molar-refractivity contribution in [1.82, 2.24) is 4.90 Å². The number of aliphatic hydroxyl groups is 1. The maximum absolute atomic E-state index is 12.1. The van der Waals surface area contributed by atoms with Gasteiger partial charge in [0.05, 0.1) is 12.0 Å². The fourth-order valence-corrected chi connectivity index (χ4v) is 2.91. The van der Waals surface area contributed by atoms with Gasteiger partial charge in [-0.2, -0.15) is 0 Å². The number of hydrogen-bond acceptors (Lipinski definition) is 4. The van der Waals surface area contributed by atoms with Crippen LogP contribution in [0.4, 0.5) is 0 Å². The van der Waals surface area contributed by atoms with Crippen LogP contribution >= 0.6 is 12.4 Å². The number of para-hydroxylation sites is 1. The summed E-state index contributed by atoms with van der Waals surface area (Å²) in [5.74, 6) is 0.777. The first-order valence-electron chi connectivity index (χ1n) is 6.54. The van der Waals surface area contributed by atoms with Crippen molar-refractivity contribution in [2.24, 2.45) is 0 Å². The Bertz CT molecular complexity index is 655. The second-order valence-electron chi connectivity index (χ2n) is 5.13. The highest BCUT2D eigenvalue weighted by molar-refractivity contribution is 5.85. The molecule has 0 radical (unpaired) electrons. The highest BCUT2D eigenvalue weighted by atomic mass is 35.5. The van der Waals surface area contributed by atoms with Crippen LogP contribution in [0.5, 0.6) is 0 Å². The Hall–Kier alpha value is -1.36. The second-order valence-corrected chi connectivity index (χ2v) is 5.13. The first kappa shape index (κ1) is 15.0. The van der Waals surface area contributed by atoms with E-state index in [4.69, 9.17) is 4.42 Å². The van der Waals surface area contributed by atoms with Gasteiger partial charge in [-0.15, -0.1) is 12.4 Å². The number of likely N-dealkylation sites (tertiary alicyclic amines) is 1. The molecule has 2 unspecified atom stereocenters. The van der Waals surface area contributed by atoms with Crippen molar-refractivity contribution in [3.05, 3.63) is 46.3 Å². The van der Waals surface area contributed by atoms with Crippen LogP contribution < -0.4 is 5.43 Å². The molecule has 2 heterocycles. The SMILES string of the molecule is CN1CCC(c2cc(=O)c3ccccc3o2)C1CO.Cl. The molecule has 1 aliphatic rings. The number of nitrogens with zero attached hydrogens (tertiary/aromatic N) is 1. The topological polar surface area (TPSA) is 53.7 Å². The quantitative estimate of drug-likeness (QED) is 0.921. The van der Waals surface area contributed by atoms with Gasteiger partial charge in [-0.3, -0.25) is 4.79 Å². The summed E-state index contributed by atoms with van der Waals surface area (Å²) in [5.41, 5.74) is 0.610. The number of halogens is 1. The van der Waals surface area contributed by atoms with E-state index in [1.807, 2.05) is 25.2 Å². The maximum Gasteiger partial charge on any atom is 0.192 e. The van der Waals surface area contributed by atoms with Crippen LogP contribution in [0.25, 0.3) is 11.0 Å². The number of aliphatic hydroxyl groups excluding tert-OH is 1. The molecule has 20 heavy (non-hydrogen) atoms. The first-order valence-corrected chi connectivity index (χ1v) is 6.54. The summed E-state index contributed by atoms with van der Waals surface area (Å²) < 4.78 is 5.87. The minimum absolute atomic E-state index is 0. The first-order chi connectivity index (χ1) is 9.20. The molecule has 5 heteroatoms. The van der Waals surface area contributed by atoms with Gasteiger partial charge in [0.15, 0.2) is 5.43 Å². The highest BCUT2D eigenvalue weighted by Gasteiger charge is 2.34. The van der Waals surface area contributed by atoms with E-state index in [0.717, 1.165) is 13.0 Å². The molecule has 1 saturated heterocycles. The van der Waals surface area contributed by atoms with Gasteiger partial charge in [-0.05, 0) is 32.1 Å². The molecule has 2 atom stereocenters. The van der Waals surface area contributed by atoms with Crippen molar-refractivity contribution < 1.29 is 9.52 Å². The summed E-state index contributed by atoms with van der Waals surface area (Å²) in [6.45, 7) is 0.990. The van der Waals surface area contributed by atoms with E-state index in [1.165, 1.54) is 0 Å². The number of hydrogen-bond donors (Lipinski definition) is 1. The lowest BCUT2D eigenvalue weighted by Gasteiger charge is -2.22. The maximum atomic E-state index is 12.1. The highest BCUT2D eigenvalue weighted by Crippen LogP contribution is 2.32. The zero-order chi connectivity index (χ0) is 13.4. The minimum atomic E-state index is -0.0110. The third kappa shape index (κ3) is 2.46. The molecule has 2 aromatic rings. The van der Waals surface area contributed by atoms with Crippen LogP contribution in [0.1, 0.15) is 18.1 Å². The molecule has 0 amide bonds. The monoisotopic (exact) mass is 295 g/mol. The fourth-order valence-electron chi connectivity index (χ4n) is 2.91. The molecular formula is C15H18ClNO3. The number of likely N-dealkylation sites (N-methyl/N-ethyl adjacent to an activating group) is 1. The van der Waals surface area contributed by atoms with Gasteiger partial charge in [-0.1, -0.05) is 12.1 Å². The fraction of sp³-hybridized carbons (Fsp3) is 0.400. The zero-order valence-corrected chi connectivity index (χ0v) is 12.1. The Morgan fingerprint density at radius 2 is 2.15 bits per heavy atom. The molecule has 1 aliphatic heterocycles. The smallest absolute Gasteiger partial charge is 0.192 e. The molecule has 1 aromatic carbocycles. The van der Waals surface area contributed by atoms with Crippen LogP contribution in [0.2, 0.25) is 0 Å². The van der Waals surface area contributed by atoms with E-state index in [2.05, 4.69) is 4.90 Å². The van der Waals surface area contributed by atoms with Crippen LogP contribution in [0, 0.1) is 0 Å². The van der Waals surface area contributed by atoms with Crippen molar-refractivity contribution in [3.63, 3.8) is 0 Å². The van der Waals surface area contributed by atoms with E-state index in [-0.39, 0.29) is 36.4 Å². The van der Waals surface area contributed by atoms with Crippen molar-refractivity contribution in [1.29, 1.82) is 0 Å². The Morgan fingerprint density at radius 3 is 2.90 bits per heavy atom. The van der Waals surface area contributed by atoms with Gasteiger partial charge < -0.3 is 14.4 Å². The molecule has 0 bridgehead atoms. The summed E-state index contributed by atoms with van der Waals surface area (Å²) in [6.07, 6.45) is 0.906. The normalized spacial score (nSPS) is 22.9. The molecule has 108 valence electrons. The summed E-state index contributed by atoms with van der Waals surface area (Å²) in [5, 5.41) is 10.1. The molecule has 1 fully saturated rings. The second kappa shape index (κ2) is 5.95. The molecule has 3 rings (SSSR count). The van der Waals surface area contributed by atoms with E-state index >= 15 is 0 Å². The van der Waals surface area contributed by atoms with Crippen molar-refractivity contribution in [2.45, 2.75) is 18.4 Å². The molecular weight excluding hydrogens is 278 g/mol. The van der Waals surface area contributed by atoms with Gasteiger partial charge in [0.2, 0.25) is 0 Å². The standard InChI is InChI=1S/C15H17NO3.ClH/c1-16-7-6-10(12(16)9-17)15-8-13(18)11-4-2-3-5-14(11)19-15;/h2-5,8,10,12,17H,6-7,9H2,1H3;1H. The van der Waals surface area contributed by atoms with Crippen LogP contribution in [-0.4, -0.2) is 36.2 Å². The van der Waals surface area contributed by atoms with Crippen molar-refractivity contribution in [3.8, 4) is 0 Å². The molecule has 1 aromatic heterocycles. The van der Waals surface area contributed by atoms with Gasteiger partial charge in [0, 0.05) is 18.0 Å². The van der Waals surface area contributed by atoms with Gasteiger partial charge in [-0.25, -0.2) is 0 Å². The zero-order valence-electron chi connectivity index (χ0n) is 11.3. The van der Waals surface area contributed by atoms with Crippen LogP contribution in [0.15, 0.2) is 39.5 Å². The van der Waals surface area contributed by atoms with Gasteiger partial charge in [0.1, 0.15) is 11.3 Å². The minimum Gasteiger partial charge on any atom is -0.460 e. The van der Waals surface area contributed by atoms with Gasteiger partial charge in [0.25, 0.3) is 0 Å². The lowest BCUT2D eigenvalue weighted by Crippen LogP contribution is -2.32. The summed E-state index contributed by atoms with van der Waals surface area (Å²) in [4.78, 5) is 14.2. The lowest BCUT2D eigenvalue weighted by atomic mass is 9.97. The molecule has 1 N–H and O–H groups in total. The Morgan fingerprint density at radius 1 is 1.40 bits per heavy atom. The van der Waals surface area contributed by atoms with Crippen molar-refractivity contribution >= 4 is 23.4 Å². The third-order valence-corrected chi connectivity index (χ3v) is 4.03. The number of fused-ring (bicyclic) bond motifs is 1. The number of benzene rings is 1. The summed E-state index contributed by atoms with van der Waals surface area (Å²) in [6, 6.07) is 8.89. The van der Waals surface area contributed by atoms with Crippen LogP contribution in [-0.2, 0) is 0 Å². The Balaban J connectivity index is 0.00000147. The Kier molecular flexibility index (Phi) is 4.48. The molecule has 0 saturated carbocycles. The average molecular weight is 296 g/mol. The molecule has 4 nitrogen and oxygen atoms in total. The molecule has 0 aliphatic carbocycles. The van der Waals surface area contributed by atoms with E-state index in [0.29, 0.717) is 16.7 Å². The third-order valence-electron chi connectivity index (χ3n) is 4.03. The average Bonchev–Trinajstić information content (AvgIpc) is 2.80. The van der Waals surface area contributed by atoms with Crippen molar-refractivity contribution in [2.75, 3.05) is 20.2 Å². The largest absolute Gasteiger partial charge is 0.460 e. The lowest BCUT2D eigenvalue weighted by molar-refractivity contribution is 0.167.